The van der Waals surface area contributed by atoms with Gasteiger partial charge in [-0.25, -0.2) is 0 Å². The fourth-order valence-corrected chi connectivity index (χ4v) is 2.82. The van der Waals surface area contributed by atoms with Crippen LogP contribution in [-0.2, 0) is 4.79 Å². The summed E-state index contributed by atoms with van der Waals surface area (Å²) in [6, 6.07) is 0.0949. The second-order valence-corrected chi connectivity index (χ2v) is 5.53. The zero-order chi connectivity index (χ0) is 12.1. The first-order chi connectivity index (χ1) is 8.31. The third-order valence-electron chi connectivity index (χ3n) is 4.26. The molecule has 1 saturated heterocycles. The van der Waals surface area contributed by atoms with E-state index in [-0.39, 0.29) is 6.04 Å². The number of nitrogens with zero attached hydrogens (tertiary/aromatic N) is 1. The van der Waals surface area contributed by atoms with Gasteiger partial charge in [0.05, 0.1) is 6.04 Å². The zero-order valence-corrected chi connectivity index (χ0v) is 11.1. The lowest BCUT2D eigenvalue weighted by molar-refractivity contribution is -0.134. The van der Waals surface area contributed by atoms with Crippen molar-refractivity contribution in [2.75, 3.05) is 19.6 Å². The molecule has 0 aromatic rings. The number of hydrogen-bond acceptors (Lipinski definition) is 2. The van der Waals surface area contributed by atoms with Gasteiger partial charge in [-0.1, -0.05) is 19.3 Å². The van der Waals surface area contributed by atoms with Gasteiger partial charge in [-0.2, -0.15) is 0 Å². The molecular weight excluding hydrogens is 212 g/mol. The summed E-state index contributed by atoms with van der Waals surface area (Å²) in [7, 11) is 0. The Kier molecular flexibility index (Phi) is 4.84. The monoisotopic (exact) mass is 238 g/mol. The normalized spacial score (nSPS) is 26.1. The van der Waals surface area contributed by atoms with E-state index in [0.717, 1.165) is 32.0 Å². The van der Waals surface area contributed by atoms with Crippen molar-refractivity contribution in [3.63, 3.8) is 0 Å². The lowest BCUT2D eigenvalue weighted by atomic mass is 9.85. The molecule has 0 aromatic heterocycles. The van der Waals surface area contributed by atoms with Crippen molar-refractivity contribution in [1.82, 2.24) is 10.2 Å². The highest BCUT2D eigenvalue weighted by molar-refractivity contribution is 5.81. The van der Waals surface area contributed by atoms with Gasteiger partial charge in [-0.15, -0.1) is 0 Å². The average molecular weight is 238 g/mol. The van der Waals surface area contributed by atoms with Gasteiger partial charge in [0.2, 0.25) is 5.91 Å². The quantitative estimate of drug-likeness (QED) is 0.814. The van der Waals surface area contributed by atoms with E-state index in [1.165, 1.54) is 38.5 Å². The largest absolute Gasteiger partial charge is 0.341 e. The number of carbonyl (C=O) groups excluding carboxylic acids is 1. The third-order valence-corrected chi connectivity index (χ3v) is 4.26. The minimum absolute atomic E-state index is 0.0949. The predicted octanol–water partition coefficient (Wildman–Crippen LogP) is 2.17. The van der Waals surface area contributed by atoms with Crippen LogP contribution < -0.4 is 5.32 Å². The summed E-state index contributed by atoms with van der Waals surface area (Å²) in [5, 5.41) is 3.41. The second kappa shape index (κ2) is 6.39. The maximum absolute atomic E-state index is 12.4. The van der Waals surface area contributed by atoms with Crippen LogP contribution in [0, 0.1) is 5.92 Å². The summed E-state index contributed by atoms with van der Waals surface area (Å²) < 4.78 is 0. The molecule has 0 spiro atoms. The summed E-state index contributed by atoms with van der Waals surface area (Å²) in [4.78, 5) is 14.5. The van der Waals surface area contributed by atoms with E-state index in [9.17, 15) is 4.79 Å². The van der Waals surface area contributed by atoms with Gasteiger partial charge in [0, 0.05) is 13.1 Å². The number of rotatable bonds is 4. The third kappa shape index (κ3) is 3.44. The number of hydrogen-bond donors (Lipinski definition) is 1. The Morgan fingerprint density at radius 1 is 1.18 bits per heavy atom. The van der Waals surface area contributed by atoms with Crippen molar-refractivity contribution in [2.24, 2.45) is 5.92 Å². The summed E-state index contributed by atoms with van der Waals surface area (Å²) in [5.41, 5.74) is 0. The van der Waals surface area contributed by atoms with Gasteiger partial charge in [-0.3, -0.25) is 4.79 Å². The first-order valence-electron chi connectivity index (χ1n) is 7.33. The maximum atomic E-state index is 12.4. The van der Waals surface area contributed by atoms with Gasteiger partial charge in [0.15, 0.2) is 0 Å². The highest BCUT2D eigenvalue weighted by Crippen LogP contribution is 2.27. The Morgan fingerprint density at radius 3 is 2.65 bits per heavy atom. The minimum atomic E-state index is 0.0949. The molecule has 1 saturated carbocycles. The van der Waals surface area contributed by atoms with E-state index in [4.69, 9.17) is 0 Å². The van der Waals surface area contributed by atoms with Gasteiger partial charge in [0.25, 0.3) is 0 Å². The molecule has 98 valence electrons. The van der Waals surface area contributed by atoms with Crippen LogP contribution >= 0.6 is 0 Å². The van der Waals surface area contributed by atoms with Crippen LogP contribution in [0.2, 0.25) is 0 Å². The van der Waals surface area contributed by atoms with Gasteiger partial charge >= 0.3 is 0 Å². The molecule has 1 heterocycles. The molecular formula is C14H26N2O. The minimum Gasteiger partial charge on any atom is -0.341 e. The molecule has 3 nitrogen and oxygen atoms in total. The highest BCUT2D eigenvalue weighted by atomic mass is 16.2. The average Bonchev–Trinajstić information content (AvgIpc) is 2.55. The summed E-state index contributed by atoms with van der Waals surface area (Å²) in [5.74, 6) is 1.13. The molecule has 2 aliphatic rings. The van der Waals surface area contributed by atoms with Crippen molar-refractivity contribution in [2.45, 2.75) is 57.9 Å². The van der Waals surface area contributed by atoms with Crippen LogP contribution in [0.15, 0.2) is 0 Å². The van der Waals surface area contributed by atoms with Crippen molar-refractivity contribution in [3.8, 4) is 0 Å². The van der Waals surface area contributed by atoms with E-state index < -0.39 is 0 Å². The second-order valence-electron chi connectivity index (χ2n) is 5.53. The smallest absolute Gasteiger partial charge is 0.239 e. The highest BCUT2D eigenvalue weighted by Gasteiger charge is 2.27. The molecule has 0 bridgehead atoms. The van der Waals surface area contributed by atoms with Crippen molar-refractivity contribution in [3.05, 3.63) is 0 Å². The number of nitrogens with one attached hydrogen (secondary N) is 1. The zero-order valence-electron chi connectivity index (χ0n) is 11.1. The van der Waals surface area contributed by atoms with Gasteiger partial charge in [0.1, 0.15) is 0 Å². The topological polar surface area (TPSA) is 32.3 Å². The van der Waals surface area contributed by atoms with E-state index in [0.29, 0.717) is 5.91 Å². The van der Waals surface area contributed by atoms with Crippen LogP contribution in [0.25, 0.3) is 0 Å². The lowest BCUT2D eigenvalue weighted by Gasteiger charge is -2.33. The SMILES string of the molecule is CCN(CC1CCC1)C(=O)C1CCCCCN1. The summed E-state index contributed by atoms with van der Waals surface area (Å²) in [6.45, 7) is 4.98. The molecule has 3 heteroatoms. The van der Waals surface area contributed by atoms with Crippen LogP contribution in [0.4, 0.5) is 0 Å². The fraction of sp³-hybridized carbons (Fsp3) is 0.929. The van der Waals surface area contributed by atoms with Crippen LogP contribution in [0.3, 0.4) is 0 Å². The first kappa shape index (κ1) is 12.9. The molecule has 1 unspecified atom stereocenters. The van der Waals surface area contributed by atoms with Crippen molar-refractivity contribution < 1.29 is 4.79 Å². The van der Waals surface area contributed by atoms with E-state index >= 15 is 0 Å². The fourth-order valence-electron chi connectivity index (χ4n) is 2.82. The van der Waals surface area contributed by atoms with Crippen LogP contribution in [0.5, 0.6) is 0 Å². The maximum Gasteiger partial charge on any atom is 0.239 e. The molecule has 1 aliphatic heterocycles. The number of likely N-dealkylation sites (N-methyl/N-ethyl adjacent to an activating group) is 1. The first-order valence-corrected chi connectivity index (χ1v) is 7.33. The Labute approximate surface area is 105 Å². The molecule has 17 heavy (non-hydrogen) atoms. The number of carbonyl (C=O) groups is 1. The standard InChI is InChI=1S/C14H26N2O/c1-2-16(11-12-7-6-8-12)14(17)13-9-4-3-5-10-15-13/h12-13,15H,2-11H2,1H3. The van der Waals surface area contributed by atoms with Gasteiger partial charge in [-0.05, 0) is 45.1 Å². The summed E-state index contributed by atoms with van der Waals surface area (Å²) in [6.07, 6.45) is 8.72. The summed E-state index contributed by atoms with van der Waals surface area (Å²) >= 11 is 0. The van der Waals surface area contributed by atoms with Crippen molar-refractivity contribution >= 4 is 5.91 Å². The Hall–Kier alpha value is -0.570. The Bertz CT molecular complexity index is 243. The molecule has 2 fully saturated rings. The van der Waals surface area contributed by atoms with E-state index in [1.54, 1.807) is 0 Å². The molecule has 1 N–H and O–H groups in total. The molecule has 1 aliphatic carbocycles. The van der Waals surface area contributed by atoms with Gasteiger partial charge < -0.3 is 10.2 Å². The van der Waals surface area contributed by atoms with E-state index in [2.05, 4.69) is 17.1 Å². The number of amides is 1. The Balaban J connectivity index is 1.85. The molecule has 0 radical (unpaired) electrons. The van der Waals surface area contributed by atoms with Crippen LogP contribution in [0.1, 0.15) is 51.9 Å². The van der Waals surface area contributed by atoms with Crippen LogP contribution in [-0.4, -0.2) is 36.5 Å². The Morgan fingerprint density at radius 2 is 2.00 bits per heavy atom. The molecule has 1 atom stereocenters. The lowest BCUT2D eigenvalue weighted by Crippen LogP contribution is -2.48. The van der Waals surface area contributed by atoms with E-state index in [1.807, 2.05) is 0 Å². The predicted molar refractivity (Wildman–Crippen MR) is 69.9 cm³/mol. The molecule has 0 aromatic carbocycles. The molecule has 1 amide bonds. The molecule has 2 rings (SSSR count). The van der Waals surface area contributed by atoms with Crippen molar-refractivity contribution in [1.29, 1.82) is 0 Å².